The molecule has 0 spiro atoms. The van der Waals surface area contributed by atoms with Crippen LogP contribution in [0.25, 0.3) is 5.69 Å². The normalized spacial score (nSPS) is 26.4. The number of benzene rings is 1. The van der Waals surface area contributed by atoms with Crippen molar-refractivity contribution in [1.29, 1.82) is 0 Å². The molecule has 3 fully saturated rings. The molecule has 7 nitrogen and oxygen atoms in total. The van der Waals surface area contributed by atoms with Crippen LogP contribution in [0.3, 0.4) is 0 Å². The van der Waals surface area contributed by atoms with Gasteiger partial charge in [-0.25, -0.2) is 0 Å². The van der Waals surface area contributed by atoms with Gasteiger partial charge in [-0.05, 0) is 69.4 Å². The lowest BCUT2D eigenvalue weighted by molar-refractivity contribution is -0.121. The van der Waals surface area contributed by atoms with Gasteiger partial charge in [-0.2, -0.15) is 0 Å². The number of nitrogens with zero attached hydrogens (tertiary/aromatic N) is 4. The third-order valence-corrected chi connectivity index (χ3v) is 8.77. The summed E-state index contributed by atoms with van der Waals surface area (Å²) >= 11 is 1.49. The topological polar surface area (TPSA) is 72.3 Å². The van der Waals surface area contributed by atoms with Crippen molar-refractivity contribution in [3.8, 4) is 5.69 Å². The monoisotopic (exact) mass is 469 g/mol. The zero-order valence-corrected chi connectivity index (χ0v) is 20.7. The van der Waals surface area contributed by atoms with Crippen LogP contribution in [0.15, 0.2) is 29.4 Å². The Balaban J connectivity index is 1.33. The number of nitrogens with one attached hydrogen (secondary N) is 1. The van der Waals surface area contributed by atoms with E-state index in [0.717, 1.165) is 47.3 Å². The summed E-state index contributed by atoms with van der Waals surface area (Å²) in [6.45, 7) is 9.19. The molecular formula is C25H35N5O2S. The molecule has 1 amide bonds. The number of morpholine rings is 1. The van der Waals surface area contributed by atoms with E-state index in [4.69, 9.17) is 4.74 Å². The minimum absolute atomic E-state index is 0.0857. The molecule has 8 heteroatoms. The molecule has 2 saturated carbocycles. The average molecular weight is 470 g/mol. The van der Waals surface area contributed by atoms with Crippen molar-refractivity contribution in [2.24, 2.45) is 17.8 Å². The Kier molecular flexibility index (Phi) is 6.65. The van der Waals surface area contributed by atoms with Crippen LogP contribution in [0.5, 0.6) is 0 Å². The van der Waals surface area contributed by atoms with E-state index in [1.807, 2.05) is 19.1 Å². The van der Waals surface area contributed by atoms with E-state index in [0.29, 0.717) is 19.1 Å². The molecule has 1 aromatic heterocycles. The maximum absolute atomic E-state index is 13.1. The van der Waals surface area contributed by atoms with E-state index in [2.05, 4.69) is 51.0 Å². The smallest absolute Gasteiger partial charge is 0.233 e. The number of aryl methyl sites for hydroxylation is 1. The molecule has 1 aromatic carbocycles. The van der Waals surface area contributed by atoms with Crippen LogP contribution in [-0.4, -0.2) is 58.3 Å². The van der Waals surface area contributed by atoms with Crippen molar-refractivity contribution >= 4 is 23.6 Å². The van der Waals surface area contributed by atoms with Gasteiger partial charge in [0.2, 0.25) is 11.9 Å². The fraction of sp³-hybridized carbons (Fsp3) is 0.640. The Hall–Kier alpha value is -2.06. The molecular weight excluding hydrogens is 434 g/mol. The fourth-order valence-corrected chi connectivity index (χ4v) is 6.76. The van der Waals surface area contributed by atoms with Crippen molar-refractivity contribution in [2.45, 2.75) is 62.9 Å². The molecule has 5 atom stereocenters. The van der Waals surface area contributed by atoms with Crippen LogP contribution in [0.1, 0.15) is 45.1 Å². The number of fused-ring (bicyclic) bond motifs is 2. The Bertz CT molecular complexity index is 989. The first-order chi connectivity index (χ1) is 16.0. The van der Waals surface area contributed by atoms with Gasteiger partial charge in [0.15, 0.2) is 5.16 Å². The first-order valence-corrected chi connectivity index (χ1v) is 13.2. The maximum Gasteiger partial charge on any atom is 0.233 e. The van der Waals surface area contributed by atoms with Gasteiger partial charge in [-0.3, -0.25) is 9.36 Å². The number of carbonyl (C=O) groups is 1. The Labute approximate surface area is 200 Å². The van der Waals surface area contributed by atoms with Crippen LogP contribution < -0.4 is 10.2 Å². The van der Waals surface area contributed by atoms with E-state index in [-0.39, 0.29) is 17.2 Å². The van der Waals surface area contributed by atoms with Gasteiger partial charge in [-0.1, -0.05) is 36.4 Å². The lowest BCUT2D eigenvalue weighted by atomic mass is 9.84. The summed E-state index contributed by atoms with van der Waals surface area (Å²) in [7, 11) is 0. The molecule has 1 saturated heterocycles. The van der Waals surface area contributed by atoms with Crippen molar-refractivity contribution in [1.82, 2.24) is 20.1 Å². The van der Waals surface area contributed by atoms with Crippen molar-refractivity contribution in [3.05, 3.63) is 29.8 Å². The minimum Gasteiger partial charge on any atom is -0.378 e. The number of thioether (sulfide) groups is 1. The van der Waals surface area contributed by atoms with Gasteiger partial charge in [-0.15, -0.1) is 10.2 Å². The highest BCUT2D eigenvalue weighted by atomic mass is 32.2. The highest BCUT2D eigenvalue weighted by Gasteiger charge is 2.42. The molecule has 5 rings (SSSR count). The highest BCUT2D eigenvalue weighted by Crippen LogP contribution is 2.49. The van der Waals surface area contributed by atoms with E-state index in [1.165, 1.54) is 37.4 Å². The molecule has 1 aliphatic heterocycles. The average Bonchev–Trinajstić information content (AvgIpc) is 3.56. The number of hydrogen-bond donors (Lipinski definition) is 1. The lowest BCUT2D eigenvalue weighted by Gasteiger charge is -2.29. The molecule has 0 unspecified atom stereocenters. The number of aromatic nitrogens is 3. The molecule has 2 heterocycles. The summed E-state index contributed by atoms with van der Waals surface area (Å²) in [5, 5.41) is 12.9. The molecule has 2 bridgehead atoms. The number of hydrogen-bond acceptors (Lipinski definition) is 6. The van der Waals surface area contributed by atoms with Gasteiger partial charge < -0.3 is 15.0 Å². The van der Waals surface area contributed by atoms with Crippen molar-refractivity contribution < 1.29 is 9.53 Å². The van der Waals surface area contributed by atoms with Gasteiger partial charge >= 0.3 is 0 Å². The third-order valence-electron chi connectivity index (χ3n) is 7.72. The quantitative estimate of drug-likeness (QED) is 0.622. The second kappa shape index (κ2) is 9.66. The predicted molar refractivity (Wildman–Crippen MR) is 131 cm³/mol. The first kappa shape index (κ1) is 22.7. The number of amides is 1. The van der Waals surface area contributed by atoms with E-state index >= 15 is 0 Å². The standard InChI is InChI=1S/C25H35N5O2S/c1-16-6-4-5-7-22(16)30-24(29-10-12-32-13-11-29)27-28-25(30)33-18(3)23(31)26-17(2)21-15-19-8-9-20(21)14-19/h4-7,17-21H,8-15H2,1-3H3,(H,26,31)/t17-,18-,19+,20+,21-/m1/s1. The molecule has 178 valence electrons. The van der Waals surface area contributed by atoms with Gasteiger partial charge in [0.05, 0.1) is 24.2 Å². The van der Waals surface area contributed by atoms with Crippen LogP contribution in [-0.2, 0) is 9.53 Å². The molecule has 33 heavy (non-hydrogen) atoms. The minimum atomic E-state index is -0.254. The zero-order chi connectivity index (χ0) is 22.9. The summed E-state index contributed by atoms with van der Waals surface area (Å²) in [4.78, 5) is 15.3. The van der Waals surface area contributed by atoms with Gasteiger partial charge in [0, 0.05) is 19.1 Å². The van der Waals surface area contributed by atoms with Crippen molar-refractivity contribution in [2.75, 3.05) is 31.2 Å². The number of anilines is 1. The Morgan fingerprint density at radius 3 is 2.64 bits per heavy atom. The summed E-state index contributed by atoms with van der Waals surface area (Å²) in [5.41, 5.74) is 2.20. The second-order valence-electron chi connectivity index (χ2n) is 9.90. The van der Waals surface area contributed by atoms with Crippen LogP contribution in [0, 0.1) is 24.7 Å². The van der Waals surface area contributed by atoms with Crippen molar-refractivity contribution in [3.63, 3.8) is 0 Å². The Morgan fingerprint density at radius 2 is 1.94 bits per heavy atom. The third kappa shape index (κ3) is 4.64. The Morgan fingerprint density at radius 1 is 1.15 bits per heavy atom. The molecule has 1 N–H and O–H groups in total. The maximum atomic E-state index is 13.1. The van der Waals surface area contributed by atoms with E-state index < -0.39 is 0 Å². The number of para-hydroxylation sites is 1. The number of ether oxygens (including phenoxy) is 1. The molecule has 2 aromatic rings. The lowest BCUT2D eigenvalue weighted by Crippen LogP contribution is -2.43. The number of carbonyl (C=O) groups excluding carboxylic acids is 1. The molecule has 0 radical (unpaired) electrons. The fourth-order valence-electron chi connectivity index (χ4n) is 5.90. The van der Waals surface area contributed by atoms with Crippen LogP contribution >= 0.6 is 11.8 Å². The predicted octanol–water partition coefficient (Wildman–Crippen LogP) is 3.83. The zero-order valence-electron chi connectivity index (χ0n) is 19.9. The molecule has 2 aliphatic carbocycles. The summed E-state index contributed by atoms with van der Waals surface area (Å²) in [6.07, 6.45) is 5.36. The van der Waals surface area contributed by atoms with Gasteiger partial charge in [0.1, 0.15) is 0 Å². The highest BCUT2D eigenvalue weighted by molar-refractivity contribution is 8.00. The second-order valence-corrected chi connectivity index (χ2v) is 11.2. The van der Waals surface area contributed by atoms with Crippen LogP contribution in [0.2, 0.25) is 0 Å². The number of rotatable bonds is 7. The largest absolute Gasteiger partial charge is 0.378 e. The van der Waals surface area contributed by atoms with E-state index in [9.17, 15) is 4.79 Å². The van der Waals surface area contributed by atoms with E-state index in [1.54, 1.807) is 0 Å². The first-order valence-electron chi connectivity index (χ1n) is 12.3. The van der Waals surface area contributed by atoms with Crippen LogP contribution in [0.4, 0.5) is 5.95 Å². The summed E-state index contributed by atoms with van der Waals surface area (Å²) in [6, 6.07) is 8.49. The van der Waals surface area contributed by atoms with Gasteiger partial charge in [0.25, 0.3) is 0 Å². The molecule has 3 aliphatic rings. The summed E-state index contributed by atoms with van der Waals surface area (Å²) < 4.78 is 7.64. The summed E-state index contributed by atoms with van der Waals surface area (Å²) in [5.74, 6) is 3.22. The SMILES string of the molecule is Cc1ccccc1-n1c(S[C@H](C)C(=O)N[C@H](C)[C@H]2C[C@H]3CC[C@H]2C3)nnc1N1CCOCC1.